The molecule has 0 aromatic carbocycles. The van der Waals surface area contributed by atoms with E-state index in [-0.39, 0.29) is 17.8 Å². The highest BCUT2D eigenvalue weighted by Crippen LogP contribution is 2.28. The van der Waals surface area contributed by atoms with Crippen LogP contribution in [-0.4, -0.2) is 67.1 Å². The van der Waals surface area contributed by atoms with Crippen molar-refractivity contribution in [3.8, 4) is 0 Å². The number of hydrogen-bond acceptors (Lipinski definition) is 8. The molecule has 0 saturated carbocycles. The van der Waals surface area contributed by atoms with Gasteiger partial charge < -0.3 is 26.3 Å². The lowest BCUT2D eigenvalue weighted by atomic mass is 10.0. The Kier molecular flexibility index (Phi) is 6.96. The second-order valence-electron chi connectivity index (χ2n) is 7.77. The molecule has 31 heavy (non-hydrogen) atoms. The van der Waals surface area contributed by atoms with E-state index in [1.165, 1.54) is 12.4 Å². The zero-order valence-corrected chi connectivity index (χ0v) is 18.1. The Bertz CT molecular complexity index is 989. The molecule has 2 heterocycles. The number of likely N-dealkylation sites (N-methyl/N-ethyl adjacent to an activating group) is 1. The molecule has 1 atom stereocenters. The van der Waals surface area contributed by atoms with E-state index in [1.807, 2.05) is 0 Å². The van der Waals surface area contributed by atoms with Crippen molar-refractivity contribution in [3.63, 3.8) is 0 Å². The van der Waals surface area contributed by atoms with Crippen LogP contribution >= 0.6 is 0 Å². The van der Waals surface area contributed by atoms with Gasteiger partial charge in [0.1, 0.15) is 18.0 Å². The monoisotopic (exact) mass is 424 g/mol. The van der Waals surface area contributed by atoms with E-state index < -0.39 is 5.83 Å². The fourth-order valence-corrected chi connectivity index (χ4v) is 3.76. The van der Waals surface area contributed by atoms with Crippen LogP contribution in [0.3, 0.4) is 0 Å². The van der Waals surface area contributed by atoms with Crippen molar-refractivity contribution < 1.29 is 4.39 Å². The Morgan fingerprint density at radius 3 is 2.81 bits per heavy atom. The van der Waals surface area contributed by atoms with Gasteiger partial charge in [0.05, 0.1) is 11.4 Å². The highest BCUT2D eigenvalue weighted by atomic mass is 19.1. The Hall–Kier alpha value is -3.33. The number of nitrogens with two attached hydrogens (primary N) is 1. The predicted octanol–water partition coefficient (Wildman–Crippen LogP) is 2.13. The molecule has 9 heteroatoms. The Morgan fingerprint density at radius 1 is 1.39 bits per heavy atom. The molecule has 0 bridgehead atoms. The summed E-state index contributed by atoms with van der Waals surface area (Å²) in [5.41, 5.74) is 7.99. The molecule has 3 rings (SSSR count). The van der Waals surface area contributed by atoms with E-state index >= 15 is 0 Å². The zero-order chi connectivity index (χ0) is 22.5. The molecule has 0 radical (unpaired) electrons. The number of anilines is 1. The lowest BCUT2D eigenvalue weighted by molar-refractivity contribution is 0.315. The summed E-state index contributed by atoms with van der Waals surface area (Å²) in [4.78, 5) is 13.0. The second-order valence-corrected chi connectivity index (χ2v) is 7.77. The van der Waals surface area contributed by atoms with Crippen LogP contribution in [0, 0.1) is 10.8 Å². The smallest absolute Gasteiger partial charge is 0.132 e. The molecule has 1 fully saturated rings. The topological polar surface area (TPSA) is 118 Å². The maximum Gasteiger partial charge on any atom is 0.132 e. The van der Waals surface area contributed by atoms with Crippen LogP contribution in [0.5, 0.6) is 0 Å². The number of aromatic nitrogens is 2. The van der Waals surface area contributed by atoms with Crippen LogP contribution in [0.15, 0.2) is 59.0 Å². The van der Waals surface area contributed by atoms with E-state index in [0.717, 1.165) is 31.5 Å². The molecule has 0 unspecified atom stereocenters. The largest absolute Gasteiger partial charge is 0.398 e. The maximum atomic E-state index is 14.7. The first kappa shape index (κ1) is 22.4. The fourth-order valence-electron chi connectivity index (χ4n) is 3.76. The summed E-state index contributed by atoms with van der Waals surface area (Å²) in [6.45, 7) is 1.75. The van der Waals surface area contributed by atoms with Gasteiger partial charge in [0.2, 0.25) is 0 Å². The van der Waals surface area contributed by atoms with Gasteiger partial charge in [-0.2, -0.15) is 0 Å². The van der Waals surface area contributed by atoms with Gasteiger partial charge in [0.25, 0.3) is 0 Å². The number of hydrogen-bond donors (Lipinski definition) is 4. The van der Waals surface area contributed by atoms with Crippen LogP contribution in [0.4, 0.5) is 10.2 Å². The Balaban J connectivity index is 1.85. The third-order valence-electron chi connectivity index (χ3n) is 5.59. The molecular weight excluding hydrogens is 395 g/mol. The molecular formula is C22H29FN8. The Morgan fingerprint density at radius 2 is 2.16 bits per heavy atom. The predicted molar refractivity (Wildman–Crippen MR) is 122 cm³/mol. The lowest BCUT2D eigenvalue weighted by Gasteiger charge is -2.21. The average Bonchev–Trinajstić information content (AvgIpc) is 3.20. The summed E-state index contributed by atoms with van der Waals surface area (Å²) in [5.74, 6) is 0.251. The van der Waals surface area contributed by atoms with Crippen molar-refractivity contribution in [3.05, 3.63) is 64.7 Å². The highest BCUT2D eigenvalue weighted by Gasteiger charge is 2.26. The van der Waals surface area contributed by atoms with Crippen molar-refractivity contribution in [1.82, 2.24) is 20.2 Å². The standard InChI is InChI=1S/C22H29FN8/c1-27-11-14(10-24)16-4-5-17(19(25)8-18(16)23)22(26)20-9-21(29-13-28-20)31-7-6-15(12-31)30(2)3/h5,8-11,13,15,24,26-27H,4,6-7,12,25H2,1-3H3/b14-11+,24-10?,26-22?/t15-/m1/s1. The van der Waals surface area contributed by atoms with Crippen molar-refractivity contribution in [2.24, 2.45) is 5.73 Å². The lowest BCUT2D eigenvalue weighted by Crippen LogP contribution is -2.31. The molecule has 0 spiro atoms. The summed E-state index contributed by atoms with van der Waals surface area (Å²) >= 11 is 0. The molecule has 2 aliphatic rings. The molecule has 5 N–H and O–H groups in total. The molecule has 164 valence electrons. The minimum absolute atomic E-state index is 0.115. The van der Waals surface area contributed by atoms with E-state index in [2.05, 4.69) is 39.2 Å². The number of nitrogens with zero attached hydrogens (tertiary/aromatic N) is 4. The molecule has 1 aromatic rings. The third kappa shape index (κ3) is 4.88. The van der Waals surface area contributed by atoms with Crippen molar-refractivity contribution in [2.75, 3.05) is 39.1 Å². The summed E-state index contributed by atoms with van der Waals surface area (Å²) in [6, 6.07) is 2.25. The molecule has 0 amide bonds. The van der Waals surface area contributed by atoms with Crippen molar-refractivity contribution >= 4 is 17.7 Å². The van der Waals surface area contributed by atoms with Crippen LogP contribution in [-0.2, 0) is 0 Å². The van der Waals surface area contributed by atoms with Gasteiger partial charge in [-0.3, -0.25) is 5.41 Å². The minimum Gasteiger partial charge on any atom is -0.398 e. The first-order valence-corrected chi connectivity index (χ1v) is 10.1. The zero-order valence-electron chi connectivity index (χ0n) is 18.1. The summed E-state index contributed by atoms with van der Waals surface area (Å²) in [6.07, 6.45) is 8.28. The van der Waals surface area contributed by atoms with Crippen LogP contribution < -0.4 is 16.0 Å². The molecule has 8 nitrogen and oxygen atoms in total. The molecule has 1 aliphatic heterocycles. The number of nitrogens with one attached hydrogen (secondary N) is 3. The SMILES string of the molecule is CN/C=C(\C=N)C1=C(F)C=C(N)C(C(=N)c2cc(N3CC[C@@H](N(C)C)C3)ncn2)=CC1. The van der Waals surface area contributed by atoms with Crippen LogP contribution in [0.25, 0.3) is 0 Å². The van der Waals surface area contributed by atoms with Gasteiger partial charge in [-0.1, -0.05) is 6.08 Å². The molecule has 1 aliphatic carbocycles. The summed E-state index contributed by atoms with van der Waals surface area (Å²) < 4.78 is 14.7. The van der Waals surface area contributed by atoms with Crippen molar-refractivity contribution in [2.45, 2.75) is 18.9 Å². The van der Waals surface area contributed by atoms with E-state index in [1.54, 1.807) is 25.4 Å². The van der Waals surface area contributed by atoms with Crippen molar-refractivity contribution in [1.29, 1.82) is 10.8 Å². The van der Waals surface area contributed by atoms with E-state index in [4.69, 9.17) is 16.6 Å². The van der Waals surface area contributed by atoms with Gasteiger partial charge in [0, 0.05) is 67.1 Å². The normalized spacial score (nSPS) is 19.8. The fraction of sp³-hybridized carbons (Fsp3) is 0.364. The quantitative estimate of drug-likeness (QED) is 0.498. The van der Waals surface area contributed by atoms with Crippen LogP contribution in [0.2, 0.25) is 0 Å². The third-order valence-corrected chi connectivity index (χ3v) is 5.59. The first-order valence-electron chi connectivity index (χ1n) is 10.1. The first-order chi connectivity index (χ1) is 14.8. The minimum atomic E-state index is -0.517. The average molecular weight is 425 g/mol. The summed E-state index contributed by atoms with van der Waals surface area (Å²) in [5, 5.41) is 19.0. The van der Waals surface area contributed by atoms with E-state index in [9.17, 15) is 4.39 Å². The van der Waals surface area contributed by atoms with Gasteiger partial charge in [0.15, 0.2) is 0 Å². The van der Waals surface area contributed by atoms with Gasteiger partial charge in [-0.25, -0.2) is 14.4 Å². The van der Waals surface area contributed by atoms with Gasteiger partial charge >= 0.3 is 0 Å². The number of allylic oxidation sites excluding steroid dienone is 6. The number of halogens is 1. The van der Waals surface area contributed by atoms with E-state index in [0.29, 0.717) is 28.5 Å². The molecule has 1 aromatic heterocycles. The maximum absolute atomic E-state index is 14.7. The van der Waals surface area contributed by atoms with Gasteiger partial charge in [-0.05, 0) is 33.0 Å². The Labute approximate surface area is 182 Å². The van der Waals surface area contributed by atoms with Gasteiger partial charge in [-0.15, -0.1) is 0 Å². The highest BCUT2D eigenvalue weighted by molar-refractivity contribution is 6.12. The molecule has 1 saturated heterocycles. The second kappa shape index (κ2) is 9.65. The van der Waals surface area contributed by atoms with Crippen LogP contribution in [0.1, 0.15) is 18.5 Å². The summed E-state index contributed by atoms with van der Waals surface area (Å²) in [7, 11) is 5.83. The number of rotatable bonds is 7.